The minimum absolute atomic E-state index is 0. The largest absolute Gasteiger partial charge is 1.00 e. The van der Waals surface area contributed by atoms with Gasteiger partial charge in [0.25, 0.3) is 5.91 Å². The average molecular weight is 487 g/mol. The van der Waals surface area contributed by atoms with Gasteiger partial charge in [0.05, 0.1) is 4.88 Å². The SMILES string of the molecule is Cc1cc(-c2ccc(C3CCCC3)cc2)sc1C(=O)N1CCCC1.[CH3-].[Cs+]. The van der Waals surface area contributed by atoms with Crippen LogP contribution in [0, 0.1) is 14.4 Å². The van der Waals surface area contributed by atoms with Gasteiger partial charge >= 0.3 is 68.9 Å². The third-order valence-corrected chi connectivity index (χ3v) is 6.80. The summed E-state index contributed by atoms with van der Waals surface area (Å²) in [4.78, 5) is 16.8. The summed E-state index contributed by atoms with van der Waals surface area (Å²) in [6.45, 7) is 3.90. The Morgan fingerprint density at radius 1 is 1.04 bits per heavy atom. The van der Waals surface area contributed by atoms with E-state index >= 15 is 0 Å². The molecule has 4 heteroatoms. The van der Waals surface area contributed by atoms with E-state index in [0.717, 1.165) is 42.3 Å². The number of benzene rings is 1. The second-order valence-electron chi connectivity index (χ2n) is 7.23. The van der Waals surface area contributed by atoms with Gasteiger partial charge in [0.15, 0.2) is 0 Å². The summed E-state index contributed by atoms with van der Waals surface area (Å²) in [6.07, 6.45) is 7.71. The Bertz CT molecular complexity index is 725. The summed E-state index contributed by atoms with van der Waals surface area (Å²) < 4.78 is 0. The van der Waals surface area contributed by atoms with Crippen LogP contribution in [-0.4, -0.2) is 23.9 Å². The van der Waals surface area contributed by atoms with E-state index in [-0.39, 0.29) is 82.2 Å². The number of carbonyl (C=O) groups is 1. The van der Waals surface area contributed by atoms with Gasteiger partial charge in [-0.2, -0.15) is 0 Å². The number of nitrogens with zero attached hydrogens (tertiary/aromatic N) is 1. The first-order valence-electron chi connectivity index (χ1n) is 9.22. The van der Waals surface area contributed by atoms with Crippen LogP contribution in [0.3, 0.4) is 0 Å². The van der Waals surface area contributed by atoms with Crippen LogP contribution in [0.4, 0.5) is 0 Å². The summed E-state index contributed by atoms with van der Waals surface area (Å²) in [6, 6.07) is 11.2. The Labute approximate surface area is 221 Å². The molecular weight excluding hydrogens is 459 g/mol. The van der Waals surface area contributed by atoms with Gasteiger partial charge in [0.2, 0.25) is 0 Å². The quantitative estimate of drug-likeness (QED) is 0.610. The van der Waals surface area contributed by atoms with Crippen LogP contribution in [0.15, 0.2) is 30.3 Å². The van der Waals surface area contributed by atoms with Crippen LogP contribution in [0.25, 0.3) is 10.4 Å². The van der Waals surface area contributed by atoms with Crippen LogP contribution in [-0.2, 0) is 0 Å². The number of carbonyl (C=O) groups excluding carboxylic acids is 1. The van der Waals surface area contributed by atoms with E-state index in [1.807, 2.05) is 4.90 Å². The summed E-state index contributed by atoms with van der Waals surface area (Å²) >= 11 is 1.65. The van der Waals surface area contributed by atoms with Crippen molar-refractivity contribution in [2.75, 3.05) is 13.1 Å². The Morgan fingerprint density at radius 2 is 1.65 bits per heavy atom. The second-order valence-corrected chi connectivity index (χ2v) is 8.28. The molecule has 0 unspecified atom stereocenters. The molecule has 2 aromatic rings. The monoisotopic (exact) mass is 487 g/mol. The summed E-state index contributed by atoms with van der Waals surface area (Å²) in [5.74, 6) is 0.986. The van der Waals surface area contributed by atoms with Gasteiger partial charge in [0.1, 0.15) is 0 Å². The predicted octanol–water partition coefficient (Wildman–Crippen LogP) is 3.07. The Kier molecular flexibility index (Phi) is 8.99. The Morgan fingerprint density at radius 3 is 2.27 bits per heavy atom. The van der Waals surface area contributed by atoms with Crippen molar-refractivity contribution in [1.82, 2.24) is 4.90 Å². The van der Waals surface area contributed by atoms with Gasteiger partial charge in [0, 0.05) is 18.0 Å². The molecule has 2 heterocycles. The van der Waals surface area contributed by atoms with Crippen LogP contribution in [0.2, 0.25) is 0 Å². The maximum Gasteiger partial charge on any atom is 1.00 e. The van der Waals surface area contributed by atoms with Crippen molar-refractivity contribution in [2.24, 2.45) is 0 Å². The summed E-state index contributed by atoms with van der Waals surface area (Å²) in [5, 5.41) is 0. The number of likely N-dealkylation sites (tertiary alicyclic amines) is 1. The first kappa shape index (κ1) is 22.7. The molecule has 1 amide bonds. The molecule has 134 valence electrons. The van der Waals surface area contributed by atoms with Crippen LogP contribution >= 0.6 is 11.3 Å². The Hall–Kier alpha value is 0.442. The third kappa shape index (κ3) is 4.88. The molecule has 0 atom stereocenters. The van der Waals surface area contributed by atoms with Crippen molar-refractivity contribution in [2.45, 2.75) is 51.4 Å². The number of hydrogen-bond acceptors (Lipinski definition) is 2. The van der Waals surface area contributed by atoms with Gasteiger partial charge in [-0.15, -0.1) is 11.3 Å². The maximum atomic E-state index is 12.7. The van der Waals surface area contributed by atoms with Crippen molar-refractivity contribution >= 4 is 17.2 Å². The van der Waals surface area contributed by atoms with Gasteiger partial charge in [-0.05, 0) is 61.3 Å². The van der Waals surface area contributed by atoms with Crippen molar-refractivity contribution in [3.63, 3.8) is 0 Å². The van der Waals surface area contributed by atoms with Crippen LogP contribution in [0.1, 0.15) is 65.2 Å². The van der Waals surface area contributed by atoms with Gasteiger partial charge < -0.3 is 12.3 Å². The first-order valence-corrected chi connectivity index (χ1v) is 10.0. The maximum absolute atomic E-state index is 12.7. The Balaban J connectivity index is 0.00000121. The number of thiophene rings is 1. The zero-order valence-corrected chi connectivity index (χ0v) is 23.5. The second kappa shape index (κ2) is 10.3. The number of aryl methyl sites for hydroxylation is 1. The van der Waals surface area contributed by atoms with E-state index in [2.05, 4.69) is 37.3 Å². The van der Waals surface area contributed by atoms with Crippen molar-refractivity contribution in [1.29, 1.82) is 0 Å². The molecule has 1 aromatic carbocycles. The van der Waals surface area contributed by atoms with Crippen molar-refractivity contribution < 1.29 is 73.7 Å². The van der Waals surface area contributed by atoms with Gasteiger partial charge in [-0.1, -0.05) is 37.1 Å². The number of rotatable bonds is 3. The molecule has 26 heavy (non-hydrogen) atoms. The number of hydrogen-bond donors (Lipinski definition) is 0. The predicted molar refractivity (Wildman–Crippen MR) is 107 cm³/mol. The molecule has 1 saturated carbocycles. The summed E-state index contributed by atoms with van der Waals surface area (Å²) in [5.41, 5.74) is 3.84. The molecule has 2 fully saturated rings. The molecule has 0 bridgehead atoms. The molecule has 2 nitrogen and oxygen atoms in total. The molecule has 1 aliphatic heterocycles. The molecule has 1 saturated heterocycles. The fourth-order valence-electron chi connectivity index (χ4n) is 4.08. The molecule has 0 radical (unpaired) electrons. The van der Waals surface area contributed by atoms with E-state index in [4.69, 9.17) is 0 Å². The van der Waals surface area contributed by atoms with Gasteiger partial charge in [-0.3, -0.25) is 4.79 Å². The van der Waals surface area contributed by atoms with E-state index in [1.165, 1.54) is 41.7 Å². The molecule has 0 spiro atoms. The van der Waals surface area contributed by atoms with Crippen molar-refractivity contribution in [3.8, 4) is 10.4 Å². The molecule has 2 aliphatic rings. The van der Waals surface area contributed by atoms with E-state index in [1.54, 1.807) is 11.3 Å². The smallest absolute Gasteiger partial charge is 0.358 e. The van der Waals surface area contributed by atoms with E-state index in [0.29, 0.717) is 0 Å². The molecule has 0 N–H and O–H groups in total. The third-order valence-electron chi connectivity index (χ3n) is 5.53. The van der Waals surface area contributed by atoms with E-state index < -0.39 is 0 Å². The number of amides is 1. The van der Waals surface area contributed by atoms with Gasteiger partial charge in [-0.25, -0.2) is 0 Å². The van der Waals surface area contributed by atoms with E-state index in [9.17, 15) is 4.79 Å². The fourth-order valence-corrected chi connectivity index (χ4v) is 5.23. The standard InChI is InChI=1S/C21H25NOS.CH3.Cs/c1-15-14-19(24-20(15)21(23)22-12-4-5-13-22)18-10-8-17(9-11-18)16-6-2-3-7-16;;/h8-11,14,16H,2-7,12-13H2,1H3;1H3;/q;-1;+1. The zero-order valence-electron chi connectivity index (χ0n) is 16.4. The minimum atomic E-state index is 0. The topological polar surface area (TPSA) is 20.3 Å². The minimum Gasteiger partial charge on any atom is -0.358 e. The molecule has 1 aliphatic carbocycles. The fraction of sp³-hybridized carbons (Fsp3) is 0.455. The zero-order chi connectivity index (χ0) is 16.5. The van der Waals surface area contributed by atoms with Crippen LogP contribution in [0.5, 0.6) is 0 Å². The molecule has 4 rings (SSSR count). The average Bonchev–Trinajstić information content (AvgIpc) is 3.36. The summed E-state index contributed by atoms with van der Waals surface area (Å²) in [7, 11) is 0. The van der Waals surface area contributed by atoms with Crippen molar-refractivity contribution in [3.05, 3.63) is 53.8 Å². The first-order chi connectivity index (χ1) is 11.7. The molecule has 1 aromatic heterocycles. The normalized spacial score (nSPS) is 17.0. The molecular formula is C22H28CsNOS. The van der Waals surface area contributed by atoms with Crippen LogP contribution < -0.4 is 68.9 Å².